The number of anilines is 1. The van der Waals surface area contributed by atoms with Gasteiger partial charge >= 0.3 is 0 Å². The largest absolute Gasteiger partial charge is 0.388 e. The Hall–Kier alpha value is -4.22. The average Bonchev–Trinajstić information content (AvgIpc) is 3.51. The molecule has 0 atom stereocenters. The van der Waals surface area contributed by atoms with Crippen molar-refractivity contribution >= 4 is 22.4 Å². The molecule has 0 spiro atoms. The number of allylic oxidation sites excluding steroid dienone is 9. The van der Waals surface area contributed by atoms with Crippen LogP contribution in [0, 0.1) is 11.6 Å². The van der Waals surface area contributed by atoms with Gasteiger partial charge in [-0.15, -0.1) is 0 Å². The molecular weight excluding hydrogens is 524 g/mol. The molecule has 3 nitrogen and oxygen atoms in total. The first-order valence-corrected chi connectivity index (χ1v) is 14.3. The molecule has 1 aliphatic rings. The van der Waals surface area contributed by atoms with Crippen LogP contribution in [0.4, 0.5) is 14.5 Å². The first kappa shape index (κ1) is 32.3. The Kier molecular flexibility index (Phi) is 11.6. The molecule has 1 saturated heterocycles. The Morgan fingerprint density at radius 3 is 2.29 bits per heavy atom. The topological polar surface area (TPSA) is 27.3 Å². The van der Waals surface area contributed by atoms with Gasteiger partial charge in [-0.3, -0.25) is 4.90 Å². The van der Waals surface area contributed by atoms with Crippen LogP contribution in [0.1, 0.15) is 50.3 Å². The van der Waals surface area contributed by atoms with E-state index in [-0.39, 0.29) is 11.6 Å². The summed E-state index contributed by atoms with van der Waals surface area (Å²) in [6, 6.07) is 10.2. The van der Waals surface area contributed by atoms with Gasteiger partial charge in [0.1, 0.15) is 11.6 Å². The summed E-state index contributed by atoms with van der Waals surface area (Å²) in [4.78, 5) is 2.39. The van der Waals surface area contributed by atoms with Gasteiger partial charge in [0.05, 0.1) is 0 Å². The second kappa shape index (κ2) is 15.1. The second-order valence-electron chi connectivity index (χ2n) is 10.4. The van der Waals surface area contributed by atoms with Gasteiger partial charge < -0.3 is 10.6 Å². The van der Waals surface area contributed by atoms with Crippen molar-refractivity contribution in [2.75, 3.05) is 32.0 Å². The highest BCUT2D eigenvalue weighted by atomic mass is 19.1. The molecule has 5 heteroatoms. The zero-order valence-corrected chi connectivity index (χ0v) is 25.4. The fraction of sp³-hybridized carbons (Fsp3) is 0.243. The zero-order valence-electron chi connectivity index (χ0n) is 25.4. The van der Waals surface area contributed by atoms with Gasteiger partial charge in [0, 0.05) is 52.9 Å². The van der Waals surface area contributed by atoms with E-state index in [1.165, 1.54) is 18.9 Å². The zero-order chi connectivity index (χ0) is 30.8. The monoisotopic (exact) mass is 567 g/mol. The molecule has 0 aromatic heterocycles. The minimum Gasteiger partial charge on any atom is -0.388 e. The van der Waals surface area contributed by atoms with Crippen LogP contribution in [0.5, 0.6) is 0 Å². The highest BCUT2D eigenvalue weighted by molar-refractivity contribution is 5.88. The standard InChI is InChI=1S/C37H43F2N3/c1-9-16-31(33-17-12-13-18-34(33)38)25(4)27(6)41-28(7)26(5)36-35(40-8)20-19-32(37(36)39)30(11-3)23-29(10-2)24-42-21-14-15-22-42/h9-13,16-20,23,40-41H,1-2,5,7,14-15,21-22,24H2,3-4,6,8H3/b27-25+,29-23+,30-11+,31-16+. The van der Waals surface area contributed by atoms with E-state index < -0.39 is 0 Å². The predicted octanol–water partition coefficient (Wildman–Crippen LogP) is 9.30. The molecule has 0 unspecified atom stereocenters. The van der Waals surface area contributed by atoms with Crippen molar-refractivity contribution in [3.63, 3.8) is 0 Å². The summed E-state index contributed by atoms with van der Waals surface area (Å²) in [5.41, 5.74) is 6.75. The SMILES string of the molecule is C=C/C=C(\C(C)=C(/C)NC(=C)C(=C)c1c(NC)ccc(C(/C=C(\C=C)CN2CCCC2)=C/C)c1F)c1ccccc1F. The molecule has 2 aromatic rings. The van der Waals surface area contributed by atoms with E-state index in [1.54, 1.807) is 43.5 Å². The van der Waals surface area contributed by atoms with Crippen molar-refractivity contribution in [1.82, 2.24) is 10.2 Å². The molecule has 0 aliphatic carbocycles. The third kappa shape index (κ3) is 7.54. The molecule has 1 aliphatic heterocycles. The van der Waals surface area contributed by atoms with E-state index in [2.05, 4.69) is 41.8 Å². The summed E-state index contributed by atoms with van der Waals surface area (Å²) in [6.45, 7) is 24.8. The van der Waals surface area contributed by atoms with Crippen molar-refractivity contribution in [3.05, 3.63) is 144 Å². The summed E-state index contributed by atoms with van der Waals surface area (Å²) in [5, 5.41) is 6.37. The van der Waals surface area contributed by atoms with E-state index in [1.807, 2.05) is 45.1 Å². The van der Waals surface area contributed by atoms with Crippen molar-refractivity contribution in [2.45, 2.75) is 33.6 Å². The highest BCUT2D eigenvalue weighted by Gasteiger charge is 2.20. The van der Waals surface area contributed by atoms with Gasteiger partial charge in [0.25, 0.3) is 0 Å². The van der Waals surface area contributed by atoms with Crippen LogP contribution >= 0.6 is 0 Å². The van der Waals surface area contributed by atoms with E-state index in [9.17, 15) is 4.39 Å². The number of halogens is 2. The number of likely N-dealkylation sites (tertiary alicyclic amines) is 1. The summed E-state index contributed by atoms with van der Waals surface area (Å²) in [5.74, 6) is -0.715. The maximum absolute atomic E-state index is 16.4. The second-order valence-corrected chi connectivity index (χ2v) is 10.4. The number of rotatable bonds is 13. The molecule has 0 radical (unpaired) electrons. The number of nitrogens with zero attached hydrogens (tertiary/aromatic N) is 1. The van der Waals surface area contributed by atoms with Gasteiger partial charge in [-0.05, 0) is 87.2 Å². The molecular formula is C37H43F2N3. The maximum atomic E-state index is 16.4. The molecule has 1 fully saturated rings. The molecule has 2 N–H and O–H groups in total. The van der Waals surface area contributed by atoms with E-state index in [0.717, 1.165) is 42.1 Å². The molecule has 42 heavy (non-hydrogen) atoms. The minimum absolute atomic E-state index is 0.326. The Bertz CT molecular complexity index is 1480. The molecule has 0 bridgehead atoms. The van der Waals surface area contributed by atoms with Gasteiger partial charge in [0.2, 0.25) is 0 Å². The summed E-state index contributed by atoms with van der Waals surface area (Å²) >= 11 is 0. The highest BCUT2D eigenvalue weighted by Crippen LogP contribution is 2.35. The van der Waals surface area contributed by atoms with Crippen LogP contribution in [0.15, 0.2) is 116 Å². The Morgan fingerprint density at radius 1 is 1.00 bits per heavy atom. The Morgan fingerprint density at radius 2 is 1.69 bits per heavy atom. The fourth-order valence-electron chi connectivity index (χ4n) is 5.15. The third-order valence-corrected chi connectivity index (χ3v) is 7.66. The predicted molar refractivity (Wildman–Crippen MR) is 178 cm³/mol. The number of hydrogen-bond acceptors (Lipinski definition) is 3. The van der Waals surface area contributed by atoms with Gasteiger partial charge in [0.15, 0.2) is 0 Å². The van der Waals surface area contributed by atoms with Crippen LogP contribution in [-0.2, 0) is 0 Å². The van der Waals surface area contributed by atoms with E-state index >= 15 is 4.39 Å². The summed E-state index contributed by atoms with van der Waals surface area (Å²) in [7, 11) is 1.75. The molecule has 220 valence electrons. The summed E-state index contributed by atoms with van der Waals surface area (Å²) in [6.07, 6.45) is 11.6. The lowest BCUT2D eigenvalue weighted by molar-refractivity contribution is 0.371. The van der Waals surface area contributed by atoms with Crippen LogP contribution < -0.4 is 10.6 Å². The number of nitrogens with one attached hydrogen (secondary N) is 2. The molecule has 2 aromatic carbocycles. The smallest absolute Gasteiger partial charge is 0.140 e. The Labute approximate surface area is 250 Å². The minimum atomic E-state index is -0.388. The quantitative estimate of drug-likeness (QED) is 0.236. The van der Waals surface area contributed by atoms with Crippen molar-refractivity contribution in [1.29, 1.82) is 0 Å². The maximum Gasteiger partial charge on any atom is 0.140 e. The molecule has 0 amide bonds. The molecule has 1 heterocycles. The first-order valence-electron chi connectivity index (χ1n) is 14.3. The first-order chi connectivity index (χ1) is 20.2. The molecule has 0 saturated carbocycles. The van der Waals surface area contributed by atoms with Gasteiger partial charge in [-0.1, -0.05) is 74.9 Å². The number of hydrogen-bond donors (Lipinski definition) is 2. The van der Waals surface area contributed by atoms with Crippen molar-refractivity contribution in [3.8, 4) is 0 Å². The van der Waals surface area contributed by atoms with Gasteiger partial charge in [-0.2, -0.15) is 0 Å². The van der Waals surface area contributed by atoms with Crippen LogP contribution in [0.25, 0.3) is 16.7 Å². The van der Waals surface area contributed by atoms with Crippen LogP contribution in [-0.4, -0.2) is 31.6 Å². The van der Waals surface area contributed by atoms with Crippen LogP contribution in [0.2, 0.25) is 0 Å². The van der Waals surface area contributed by atoms with Crippen molar-refractivity contribution in [2.24, 2.45) is 0 Å². The normalized spacial score (nSPS) is 15.2. The van der Waals surface area contributed by atoms with Gasteiger partial charge in [-0.25, -0.2) is 8.78 Å². The number of benzene rings is 2. The third-order valence-electron chi connectivity index (χ3n) is 7.66. The molecule has 3 rings (SSSR count). The van der Waals surface area contributed by atoms with Crippen LogP contribution in [0.3, 0.4) is 0 Å². The average molecular weight is 568 g/mol. The fourth-order valence-corrected chi connectivity index (χ4v) is 5.15. The summed E-state index contributed by atoms with van der Waals surface area (Å²) < 4.78 is 31.0. The van der Waals surface area contributed by atoms with E-state index in [0.29, 0.717) is 39.2 Å². The Balaban J connectivity index is 1.95. The van der Waals surface area contributed by atoms with E-state index in [4.69, 9.17) is 0 Å². The lowest BCUT2D eigenvalue weighted by atomic mass is 9.93. The lowest BCUT2D eigenvalue weighted by Gasteiger charge is -2.21. The van der Waals surface area contributed by atoms with Crippen molar-refractivity contribution < 1.29 is 8.78 Å². The lowest BCUT2D eigenvalue weighted by Crippen LogP contribution is -2.21.